The van der Waals surface area contributed by atoms with Crippen LogP contribution in [0.25, 0.3) is 0 Å². The lowest BCUT2D eigenvalue weighted by molar-refractivity contribution is -0.143. The second-order valence-corrected chi connectivity index (χ2v) is 4.62. The maximum Gasteiger partial charge on any atom is 0.306 e. The molecule has 0 radical (unpaired) electrons. The lowest BCUT2D eigenvalue weighted by atomic mass is 9.82. The number of carbonyl (C=O) groups excluding carboxylic acids is 1. The molecule has 1 aromatic heterocycles. The van der Waals surface area contributed by atoms with Gasteiger partial charge in [0, 0.05) is 6.54 Å². The summed E-state index contributed by atoms with van der Waals surface area (Å²) in [7, 11) is 0. The van der Waals surface area contributed by atoms with E-state index in [-0.39, 0.29) is 17.5 Å². The molecule has 1 saturated carbocycles. The average molecular weight is 252 g/mol. The molecule has 1 heterocycles. The molecule has 3 N–H and O–H groups in total. The van der Waals surface area contributed by atoms with Gasteiger partial charge in [0.2, 0.25) is 0 Å². The van der Waals surface area contributed by atoms with Crippen LogP contribution in [0.4, 0.5) is 0 Å². The summed E-state index contributed by atoms with van der Waals surface area (Å²) in [6.07, 6.45) is 4.45. The van der Waals surface area contributed by atoms with Crippen molar-refractivity contribution in [2.45, 2.75) is 25.7 Å². The quantitative estimate of drug-likeness (QED) is 0.720. The molecule has 1 aromatic rings. The Bertz CT molecular complexity index is 410. The smallest absolute Gasteiger partial charge is 0.306 e. The number of aromatic amines is 1. The Morgan fingerprint density at radius 1 is 1.39 bits per heavy atom. The van der Waals surface area contributed by atoms with Crippen molar-refractivity contribution >= 4 is 11.9 Å². The molecule has 1 fully saturated rings. The first kappa shape index (κ1) is 12.5. The monoisotopic (exact) mass is 252 g/mol. The van der Waals surface area contributed by atoms with Crippen LogP contribution in [0.5, 0.6) is 0 Å². The number of hydrogen-bond donors (Lipinski definition) is 3. The third-order valence-electron chi connectivity index (χ3n) is 3.39. The van der Waals surface area contributed by atoms with Crippen molar-refractivity contribution in [3.63, 3.8) is 0 Å². The van der Waals surface area contributed by atoms with Gasteiger partial charge in [0.25, 0.3) is 5.91 Å². The Kier molecular flexibility index (Phi) is 3.91. The summed E-state index contributed by atoms with van der Waals surface area (Å²) < 4.78 is 0. The molecule has 18 heavy (non-hydrogen) atoms. The van der Waals surface area contributed by atoms with E-state index in [1.807, 2.05) is 0 Å². The molecule has 0 aliphatic heterocycles. The van der Waals surface area contributed by atoms with Crippen molar-refractivity contribution in [1.82, 2.24) is 20.7 Å². The molecule has 0 saturated heterocycles. The second kappa shape index (κ2) is 5.61. The number of rotatable bonds is 4. The molecule has 0 unspecified atom stereocenters. The van der Waals surface area contributed by atoms with E-state index in [1.54, 1.807) is 0 Å². The van der Waals surface area contributed by atoms with E-state index < -0.39 is 5.97 Å². The van der Waals surface area contributed by atoms with Crippen LogP contribution in [-0.4, -0.2) is 38.9 Å². The van der Waals surface area contributed by atoms with Gasteiger partial charge in [0.05, 0.1) is 12.1 Å². The second-order valence-electron chi connectivity index (χ2n) is 4.62. The van der Waals surface area contributed by atoms with Gasteiger partial charge in [0.1, 0.15) is 0 Å². The van der Waals surface area contributed by atoms with Crippen molar-refractivity contribution in [3.05, 3.63) is 11.9 Å². The maximum absolute atomic E-state index is 11.6. The third kappa shape index (κ3) is 3.06. The van der Waals surface area contributed by atoms with Crippen LogP contribution < -0.4 is 5.32 Å². The first-order valence-electron chi connectivity index (χ1n) is 6.03. The molecule has 1 aliphatic carbocycles. The molecule has 0 atom stereocenters. The summed E-state index contributed by atoms with van der Waals surface area (Å²) >= 11 is 0. The van der Waals surface area contributed by atoms with E-state index in [4.69, 9.17) is 5.11 Å². The van der Waals surface area contributed by atoms with Crippen LogP contribution >= 0.6 is 0 Å². The molecule has 98 valence electrons. The number of nitrogens with zero attached hydrogens (tertiary/aromatic N) is 2. The van der Waals surface area contributed by atoms with Gasteiger partial charge >= 0.3 is 5.97 Å². The Morgan fingerprint density at radius 3 is 2.67 bits per heavy atom. The Hall–Kier alpha value is -1.92. The summed E-state index contributed by atoms with van der Waals surface area (Å²) in [5.74, 6) is -0.812. The van der Waals surface area contributed by atoms with Gasteiger partial charge in [-0.1, -0.05) is 0 Å². The van der Waals surface area contributed by atoms with E-state index in [0.29, 0.717) is 25.3 Å². The van der Waals surface area contributed by atoms with Crippen LogP contribution in [-0.2, 0) is 4.79 Å². The van der Waals surface area contributed by atoms with Crippen molar-refractivity contribution in [2.75, 3.05) is 6.54 Å². The molecule has 7 heteroatoms. The topological polar surface area (TPSA) is 108 Å². The molecule has 0 bridgehead atoms. The lowest BCUT2D eigenvalue weighted by Gasteiger charge is -2.25. The van der Waals surface area contributed by atoms with Crippen LogP contribution in [0.1, 0.15) is 36.2 Å². The number of H-pyrrole nitrogens is 1. The third-order valence-corrected chi connectivity index (χ3v) is 3.39. The van der Waals surface area contributed by atoms with E-state index >= 15 is 0 Å². The fourth-order valence-corrected chi connectivity index (χ4v) is 2.25. The number of amides is 1. The Balaban J connectivity index is 1.72. The van der Waals surface area contributed by atoms with Crippen molar-refractivity contribution in [2.24, 2.45) is 11.8 Å². The zero-order chi connectivity index (χ0) is 13.0. The predicted molar refractivity (Wildman–Crippen MR) is 61.8 cm³/mol. The summed E-state index contributed by atoms with van der Waals surface area (Å²) in [5, 5.41) is 21.3. The molecular formula is C11H16N4O3. The highest BCUT2D eigenvalue weighted by molar-refractivity contribution is 5.91. The molecule has 0 spiro atoms. The standard InChI is InChI=1S/C11H16N4O3/c16-10(9-6-13-15-14-9)12-5-7-1-3-8(4-2-7)11(17)18/h6-8H,1-5H2,(H,12,16)(H,17,18)(H,13,14,15). The summed E-state index contributed by atoms with van der Waals surface area (Å²) in [5.41, 5.74) is 0.272. The fraction of sp³-hybridized carbons (Fsp3) is 0.636. The van der Waals surface area contributed by atoms with Gasteiger partial charge in [-0.2, -0.15) is 15.4 Å². The molecular weight excluding hydrogens is 236 g/mol. The predicted octanol–water partition coefficient (Wildman–Crippen LogP) is 0.425. The number of carboxylic acid groups (broad SMARTS) is 1. The molecule has 7 nitrogen and oxygen atoms in total. The zero-order valence-corrected chi connectivity index (χ0v) is 9.93. The first-order chi connectivity index (χ1) is 8.66. The normalized spacial score (nSPS) is 23.6. The molecule has 1 amide bonds. The number of nitrogens with one attached hydrogen (secondary N) is 2. The van der Waals surface area contributed by atoms with Gasteiger partial charge in [-0.3, -0.25) is 9.59 Å². The zero-order valence-electron chi connectivity index (χ0n) is 9.93. The van der Waals surface area contributed by atoms with E-state index in [9.17, 15) is 9.59 Å². The molecule has 0 aromatic carbocycles. The minimum atomic E-state index is -0.708. The maximum atomic E-state index is 11.6. The van der Waals surface area contributed by atoms with Crippen LogP contribution in [0.3, 0.4) is 0 Å². The van der Waals surface area contributed by atoms with Gasteiger partial charge < -0.3 is 10.4 Å². The first-order valence-corrected chi connectivity index (χ1v) is 6.03. The number of hydrogen-bond acceptors (Lipinski definition) is 4. The minimum absolute atomic E-state index is 0.215. The van der Waals surface area contributed by atoms with E-state index in [1.165, 1.54) is 6.20 Å². The summed E-state index contributed by atoms with van der Waals surface area (Å²) in [4.78, 5) is 22.4. The minimum Gasteiger partial charge on any atom is -0.481 e. The summed E-state index contributed by atoms with van der Waals surface area (Å²) in [6.45, 7) is 0.567. The Labute approximate surface area is 104 Å². The molecule has 2 rings (SSSR count). The summed E-state index contributed by atoms with van der Waals surface area (Å²) in [6, 6.07) is 0. The van der Waals surface area contributed by atoms with E-state index in [2.05, 4.69) is 20.7 Å². The average Bonchev–Trinajstić information content (AvgIpc) is 2.90. The van der Waals surface area contributed by atoms with Crippen LogP contribution in [0.2, 0.25) is 0 Å². The van der Waals surface area contributed by atoms with Crippen molar-refractivity contribution in [1.29, 1.82) is 0 Å². The van der Waals surface area contributed by atoms with Crippen LogP contribution in [0.15, 0.2) is 6.20 Å². The highest BCUT2D eigenvalue weighted by atomic mass is 16.4. The van der Waals surface area contributed by atoms with Gasteiger partial charge in [-0.25, -0.2) is 0 Å². The largest absolute Gasteiger partial charge is 0.481 e. The number of aromatic nitrogens is 3. The van der Waals surface area contributed by atoms with Gasteiger partial charge in [-0.15, -0.1) is 0 Å². The number of aliphatic carboxylic acids is 1. The number of carbonyl (C=O) groups is 2. The van der Waals surface area contributed by atoms with Gasteiger partial charge in [0.15, 0.2) is 5.69 Å². The number of carboxylic acids is 1. The highest BCUT2D eigenvalue weighted by Crippen LogP contribution is 2.28. The fourth-order valence-electron chi connectivity index (χ4n) is 2.25. The molecule has 1 aliphatic rings. The van der Waals surface area contributed by atoms with Crippen molar-refractivity contribution < 1.29 is 14.7 Å². The Morgan fingerprint density at radius 2 is 2.11 bits per heavy atom. The van der Waals surface area contributed by atoms with Crippen LogP contribution in [0, 0.1) is 11.8 Å². The van der Waals surface area contributed by atoms with Gasteiger partial charge in [-0.05, 0) is 31.6 Å². The highest BCUT2D eigenvalue weighted by Gasteiger charge is 2.26. The SMILES string of the molecule is O=C(NCC1CCC(C(=O)O)CC1)c1cn[nH]n1. The lowest BCUT2D eigenvalue weighted by Crippen LogP contribution is -2.32. The van der Waals surface area contributed by atoms with E-state index in [0.717, 1.165) is 12.8 Å². The van der Waals surface area contributed by atoms with Crippen molar-refractivity contribution in [3.8, 4) is 0 Å².